The summed E-state index contributed by atoms with van der Waals surface area (Å²) in [6, 6.07) is 3.76. The van der Waals surface area contributed by atoms with E-state index in [1.807, 2.05) is 25.3 Å². The summed E-state index contributed by atoms with van der Waals surface area (Å²) in [6.07, 6.45) is 5.42. The Morgan fingerprint density at radius 2 is 2.39 bits per heavy atom. The van der Waals surface area contributed by atoms with E-state index in [1.165, 1.54) is 11.3 Å². The van der Waals surface area contributed by atoms with Crippen LogP contribution in [0.5, 0.6) is 0 Å². The van der Waals surface area contributed by atoms with E-state index in [0.29, 0.717) is 11.5 Å². The van der Waals surface area contributed by atoms with Gasteiger partial charge in [0.05, 0.1) is 12.0 Å². The molecule has 23 heavy (non-hydrogen) atoms. The van der Waals surface area contributed by atoms with Crippen LogP contribution in [0, 0.1) is 6.92 Å². The quantitative estimate of drug-likeness (QED) is 0.802. The number of carbonyl (C=O) groups is 1. The van der Waals surface area contributed by atoms with Crippen molar-refractivity contribution in [1.29, 1.82) is 0 Å². The lowest BCUT2D eigenvalue weighted by Gasteiger charge is -2.24. The zero-order valence-electron chi connectivity index (χ0n) is 12.7. The number of nitrogens with one attached hydrogen (secondary N) is 1. The molecule has 3 aromatic heterocycles. The molecule has 1 atom stereocenters. The molecule has 6 nitrogen and oxygen atoms in total. The van der Waals surface area contributed by atoms with Gasteiger partial charge in [0.25, 0.3) is 5.91 Å². The lowest BCUT2D eigenvalue weighted by molar-refractivity contribution is 0.0923. The number of aryl methyl sites for hydroxylation is 2. The fourth-order valence-electron chi connectivity index (χ4n) is 2.85. The molecule has 1 amide bonds. The van der Waals surface area contributed by atoms with E-state index in [2.05, 4.69) is 19.9 Å². The molecule has 4 rings (SSSR count). The number of imidazole rings is 1. The van der Waals surface area contributed by atoms with Gasteiger partial charge in [0.2, 0.25) is 0 Å². The van der Waals surface area contributed by atoms with Gasteiger partial charge in [-0.2, -0.15) is 0 Å². The van der Waals surface area contributed by atoms with E-state index in [4.69, 9.17) is 4.42 Å². The Balaban J connectivity index is 1.44. The van der Waals surface area contributed by atoms with Crippen molar-refractivity contribution < 1.29 is 9.21 Å². The van der Waals surface area contributed by atoms with E-state index in [1.54, 1.807) is 11.6 Å². The molecular weight excluding hydrogens is 312 g/mol. The average molecular weight is 328 g/mol. The van der Waals surface area contributed by atoms with Crippen LogP contribution < -0.4 is 5.32 Å². The number of nitrogens with zero attached hydrogens (tertiary/aromatic N) is 3. The van der Waals surface area contributed by atoms with Gasteiger partial charge >= 0.3 is 0 Å². The number of furan rings is 1. The molecule has 7 heteroatoms. The number of thiazole rings is 1. The molecule has 1 unspecified atom stereocenters. The second-order valence-electron chi connectivity index (χ2n) is 5.68. The number of hydrogen-bond acceptors (Lipinski definition) is 5. The van der Waals surface area contributed by atoms with E-state index < -0.39 is 0 Å². The summed E-state index contributed by atoms with van der Waals surface area (Å²) in [7, 11) is 0. The van der Waals surface area contributed by atoms with Gasteiger partial charge in [-0.1, -0.05) is 0 Å². The third-order valence-corrected chi connectivity index (χ3v) is 4.77. The first-order chi connectivity index (χ1) is 11.2. The minimum absolute atomic E-state index is 0.109. The van der Waals surface area contributed by atoms with Crippen LogP contribution in [0.4, 0.5) is 0 Å². The minimum atomic E-state index is -0.135. The Labute approximate surface area is 137 Å². The highest BCUT2D eigenvalue weighted by atomic mass is 32.1. The lowest BCUT2D eigenvalue weighted by Crippen LogP contribution is -2.41. The summed E-state index contributed by atoms with van der Waals surface area (Å²) in [5.41, 5.74) is 1.46. The standard InChI is InChI=1S/C16H16N4O2S/c1-10-7-20-8-11(4-5-14(20)17-10)18-15(21)12-9-23-16(19-12)13-3-2-6-22-13/h2-3,6-7,9,11H,4-5,8H2,1H3,(H,18,21). The number of rotatable bonds is 3. The number of aromatic nitrogens is 3. The second kappa shape index (κ2) is 5.66. The Hall–Kier alpha value is -2.41. The van der Waals surface area contributed by atoms with Crippen molar-refractivity contribution in [3.8, 4) is 10.8 Å². The van der Waals surface area contributed by atoms with Gasteiger partial charge in [0, 0.05) is 30.6 Å². The first-order valence-corrected chi connectivity index (χ1v) is 8.40. The second-order valence-corrected chi connectivity index (χ2v) is 6.53. The summed E-state index contributed by atoms with van der Waals surface area (Å²) in [6.45, 7) is 2.75. The van der Waals surface area contributed by atoms with Crippen molar-refractivity contribution in [2.24, 2.45) is 0 Å². The Morgan fingerprint density at radius 3 is 3.22 bits per heavy atom. The molecule has 0 aromatic carbocycles. The Bertz CT molecular complexity index is 834. The van der Waals surface area contributed by atoms with Gasteiger partial charge in [0.1, 0.15) is 11.5 Å². The first kappa shape index (κ1) is 14.2. The maximum atomic E-state index is 12.4. The van der Waals surface area contributed by atoms with Crippen LogP contribution in [0.25, 0.3) is 10.8 Å². The Kier molecular flexibility index (Phi) is 3.49. The summed E-state index contributed by atoms with van der Waals surface area (Å²) in [5.74, 6) is 1.65. The highest BCUT2D eigenvalue weighted by Crippen LogP contribution is 2.24. The van der Waals surface area contributed by atoms with Gasteiger partial charge < -0.3 is 14.3 Å². The fraction of sp³-hybridized carbons (Fsp3) is 0.312. The topological polar surface area (TPSA) is 73.0 Å². The van der Waals surface area contributed by atoms with Crippen molar-refractivity contribution in [2.45, 2.75) is 32.4 Å². The SMILES string of the molecule is Cc1cn2c(n1)CCC(NC(=O)c1csc(-c3ccco3)n1)C2. The average Bonchev–Trinajstić information content (AvgIpc) is 3.26. The lowest BCUT2D eigenvalue weighted by atomic mass is 10.1. The molecule has 1 aliphatic heterocycles. The molecule has 0 aliphatic carbocycles. The van der Waals surface area contributed by atoms with Gasteiger partial charge in [-0.15, -0.1) is 11.3 Å². The number of amides is 1. The van der Waals surface area contributed by atoms with Crippen LogP contribution >= 0.6 is 11.3 Å². The minimum Gasteiger partial charge on any atom is -0.462 e. The third kappa shape index (κ3) is 2.79. The highest BCUT2D eigenvalue weighted by Gasteiger charge is 2.22. The van der Waals surface area contributed by atoms with Crippen molar-refractivity contribution >= 4 is 17.2 Å². The number of carbonyl (C=O) groups excluding carboxylic acids is 1. The van der Waals surface area contributed by atoms with E-state index in [0.717, 1.165) is 35.9 Å². The zero-order chi connectivity index (χ0) is 15.8. The molecule has 0 saturated heterocycles. The van der Waals surface area contributed by atoms with Crippen LogP contribution in [0.1, 0.15) is 28.4 Å². The van der Waals surface area contributed by atoms with Gasteiger partial charge in [-0.05, 0) is 25.5 Å². The molecule has 0 spiro atoms. The molecule has 4 heterocycles. The van der Waals surface area contributed by atoms with E-state index in [9.17, 15) is 4.79 Å². The predicted octanol–water partition coefficient (Wildman–Crippen LogP) is 2.65. The van der Waals surface area contributed by atoms with Crippen LogP contribution in [-0.2, 0) is 13.0 Å². The molecule has 0 saturated carbocycles. The fourth-order valence-corrected chi connectivity index (χ4v) is 3.62. The van der Waals surface area contributed by atoms with Crippen molar-refractivity contribution in [1.82, 2.24) is 19.9 Å². The van der Waals surface area contributed by atoms with Crippen LogP contribution in [0.3, 0.4) is 0 Å². The maximum Gasteiger partial charge on any atom is 0.271 e. The smallest absolute Gasteiger partial charge is 0.271 e. The van der Waals surface area contributed by atoms with Gasteiger partial charge in [-0.25, -0.2) is 9.97 Å². The predicted molar refractivity (Wildman–Crippen MR) is 86.4 cm³/mol. The summed E-state index contributed by atoms with van der Waals surface area (Å²) < 4.78 is 7.43. The van der Waals surface area contributed by atoms with Gasteiger partial charge in [-0.3, -0.25) is 4.79 Å². The van der Waals surface area contributed by atoms with Crippen LogP contribution in [0.2, 0.25) is 0 Å². The largest absolute Gasteiger partial charge is 0.462 e. The van der Waals surface area contributed by atoms with Gasteiger partial charge in [0.15, 0.2) is 10.8 Å². The number of fused-ring (bicyclic) bond motifs is 1. The van der Waals surface area contributed by atoms with Crippen LogP contribution in [-0.4, -0.2) is 26.5 Å². The molecule has 3 aromatic rings. The molecule has 1 aliphatic rings. The monoisotopic (exact) mass is 328 g/mol. The number of hydrogen-bond donors (Lipinski definition) is 1. The molecule has 0 bridgehead atoms. The molecule has 1 N–H and O–H groups in total. The Morgan fingerprint density at radius 1 is 1.48 bits per heavy atom. The van der Waals surface area contributed by atoms with E-state index >= 15 is 0 Å². The normalized spacial score (nSPS) is 17.0. The van der Waals surface area contributed by atoms with Crippen LogP contribution in [0.15, 0.2) is 34.4 Å². The van der Waals surface area contributed by atoms with E-state index in [-0.39, 0.29) is 11.9 Å². The van der Waals surface area contributed by atoms with Crippen molar-refractivity contribution in [3.63, 3.8) is 0 Å². The molecular formula is C16H16N4O2S. The van der Waals surface area contributed by atoms with Crippen molar-refractivity contribution in [2.75, 3.05) is 0 Å². The molecule has 0 fully saturated rings. The third-order valence-electron chi connectivity index (χ3n) is 3.92. The summed E-state index contributed by atoms with van der Waals surface area (Å²) in [4.78, 5) is 21.2. The first-order valence-electron chi connectivity index (χ1n) is 7.52. The highest BCUT2D eigenvalue weighted by molar-refractivity contribution is 7.13. The summed E-state index contributed by atoms with van der Waals surface area (Å²) >= 11 is 1.41. The van der Waals surface area contributed by atoms with Crippen molar-refractivity contribution in [3.05, 3.63) is 47.2 Å². The summed E-state index contributed by atoms with van der Waals surface area (Å²) in [5, 5.41) is 5.56. The zero-order valence-corrected chi connectivity index (χ0v) is 13.5. The maximum absolute atomic E-state index is 12.4. The molecule has 118 valence electrons. The molecule has 0 radical (unpaired) electrons.